The van der Waals surface area contributed by atoms with E-state index in [-0.39, 0.29) is 19.0 Å². The molecule has 2 heterocycles. The van der Waals surface area contributed by atoms with Gasteiger partial charge in [-0.25, -0.2) is 18.2 Å². The summed E-state index contributed by atoms with van der Waals surface area (Å²) in [7, 11) is 0. The number of hydrogen-bond donors (Lipinski definition) is 0. The van der Waals surface area contributed by atoms with Crippen LogP contribution in [0.15, 0.2) is 77.8 Å². The van der Waals surface area contributed by atoms with Gasteiger partial charge in [0, 0.05) is 6.54 Å². The molecule has 5 rings (SSSR count). The number of amides is 1. The van der Waals surface area contributed by atoms with Gasteiger partial charge in [0.05, 0.1) is 12.1 Å². The lowest BCUT2D eigenvalue weighted by atomic mass is 9.82. The van der Waals surface area contributed by atoms with E-state index in [9.17, 15) is 26.7 Å². The van der Waals surface area contributed by atoms with Crippen molar-refractivity contribution in [1.29, 1.82) is 0 Å². The van der Waals surface area contributed by atoms with Gasteiger partial charge < -0.3 is 4.90 Å². The molecular weight excluding hydrogens is 544 g/mol. The van der Waals surface area contributed by atoms with Crippen LogP contribution in [-0.2, 0) is 16.5 Å². The summed E-state index contributed by atoms with van der Waals surface area (Å²) >= 11 is 0. The number of aliphatic imine (C=N–C) groups is 1. The van der Waals surface area contributed by atoms with Crippen LogP contribution in [0.1, 0.15) is 47.9 Å². The second kappa shape index (κ2) is 11.3. The second-order valence-electron chi connectivity index (χ2n) is 10.6. The van der Waals surface area contributed by atoms with Crippen molar-refractivity contribution in [3.63, 3.8) is 0 Å². The fraction of sp³-hybridized carbons (Fsp3) is 0.355. The van der Waals surface area contributed by atoms with Crippen LogP contribution in [0.3, 0.4) is 0 Å². The van der Waals surface area contributed by atoms with Crippen molar-refractivity contribution in [2.45, 2.75) is 43.6 Å². The first-order valence-corrected chi connectivity index (χ1v) is 13.4. The van der Waals surface area contributed by atoms with Gasteiger partial charge in [0.2, 0.25) is 0 Å². The third-order valence-corrected chi connectivity index (χ3v) is 7.93. The summed E-state index contributed by atoms with van der Waals surface area (Å²) in [5.41, 5.74) is -0.666. The quantitative estimate of drug-likeness (QED) is 0.295. The number of hydrogen-bond acceptors (Lipinski definition) is 3. The molecule has 0 aliphatic carbocycles. The Morgan fingerprint density at radius 2 is 1.37 bits per heavy atom. The molecule has 1 amide bonds. The Morgan fingerprint density at radius 3 is 1.85 bits per heavy atom. The minimum Gasteiger partial charge on any atom is -0.300 e. The van der Waals surface area contributed by atoms with E-state index in [4.69, 9.17) is 0 Å². The molecular formula is C31H29F6N3O. The molecule has 2 aliphatic rings. The summed E-state index contributed by atoms with van der Waals surface area (Å²) in [4.78, 5) is 21.8. The van der Waals surface area contributed by atoms with Crippen LogP contribution in [-0.4, -0.2) is 53.9 Å². The Kier molecular flexibility index (Phi) is 7.96. The topological polar surface area (TPSA) is 35.9 Å². The average molecular weight is 574 g/mol. The number of nitrogens with zero attached hydrogens (tertiary/aromatic N) is 3. The van der Waals surface area contributed by atoms with Crippen molar-refractivity contribution in [2.24, 2.45) is 4.99 Å². The van der Waals surface area contributed by atoms with Gasteiger partial charge in [-0.1, -0.05) is 36.4 Å². The lowest BCUT2D eigenvalue weighted by molar-refractivity contribution is -0.137. The minimum atomic E-state index is -4.38. The molecule has 0 saturated carbocycles. The van der Waals surface area contributed by atoms with Crippen molar-refractivity contribution in [1.82, 2.24) is 9.80 Å². The van der Waals surface area contributed by atoms with E-state index in [0.29, 0.717) is 42.9 Å². The Morgan fingerprint density at radius 1 is 0.854 bits per heavy atom. The highest BCUT2D eigenvalue weighted by atomic mass is 19.4. The van der Waals surface area contributed by atoms with E-state index < -0.39 is 41.0 Å². The molecule has 41 heavy (non-hydrogen) atoms. The van der Waals surface area contributed by atoms with Crippen LogP contribution in [0.5, 0.6) is 0 Å². The molecule has 2 aliphatic heterocycles. The highest BCUT2D eigenvalue weighted by Gasteiger charge is 2.50. The molecule has 0 spiro atoms. The van der Waals surface area contributed by atoms with E-state index in [1.807, 2.05) is 4.90 Å². The minimum absolute atomic E-state index is 0.0802. The summed E-state index contributed by atoms with van der Waals surface area (Å²) in [6.07, 6.45) is -4.42. The van der Waals surface area contributed by atoms with Crippen molar-refractivity contribution in [2.75, 3.05) is 26.2 Å². The second-order valence-corrected chi connectivity index (χ2v) is 10.6. The van der Waals surface area contributed by atoms with E-state index in [2.05, 4.69) is 4.99 Å². The highest BCUT2D eigenvalue weighted by molar-refractivity contribution is 6.09. The monoisotopic (exact) mass is 573 g/mol. The average Bonchev–Trinajstić information content (AvgIpc) is 3.19. The third kappa shape index (κ3) is 5.88. The summed E-state index contributed by atoms with van der Waals surface area (Å²) in [6, 6.07) is 15.9. The molecule has 3 aromatic carbocycles. The first-order chi connectivity index (χ1) is 19.5. The molecule has 1 fully saturated rings. The zero-order chi connectivity index (χ0) is 29.4. The van der Waals surface area contributed by atoms with Crippen molar-refractivity contribution >= 4 is 11.7 Å². The molecule has 0 aromatic heterocycles. The number of amidine groups is 1. The van der Waals surface area contributed by atoms with Gasteiger partial charge in [-0.2, -0.15) is 13.2 Å². The Bertz CT molecular complexity index is 1350. The number of carbonyl (C=O) groups is 1. The molecule has 0 N–H and O–H groups in total. The zero-order valence-electron chi connectivity index (χ0n) is 22.3. The van der Waals surface area contributed by atoms with Gasteiger partial charge in [0.1, 0.15) is 23.6 Å². The van der Waals surface area contributed by atoms with Crippen LogP contribution >= 0.6 is 0 Å². The zero-order valence-corrected chi connectivity index (χ0v) is 22.3. The van der Waals surface area contributed by atoms with Crippen molar-refractivity contribution in [3.05, 3.63) is 107 Å². The van der Waals surface area contributed by atoms with Crippen LogP contribution in [0, 0.1) is 11.6 Å². The fourth-order valence-corrected chi connectivity index (χ4v) is 5.76. The number of rotatable bonds is 7. The molecule has 1 saturated heterocycles. The first kappa shape index (κ1) is 28.9. The predicted octanol–water partition coefficient (Wildman–Crippen LogP) is 6.71. The van der Waals surface area contributed by atoms with E-state index >= 15 is 4.39 Å². The Balaban J connectivity index is 1.25. The van der Waals surface area contributed by atoms with Gasteiger partial charge in [0.25, 0.3) is 5.91 Å². The first-order valence-electron chi connectivity index (χ1n) is 13.4. The van der Waals surface area contributed by atoms with Crippen LogP contribution in [0.2, 0.25) is 0 Å². The van der Waals surface area contributed by atoms with E-state index in [0.717, 1.165) is 17.7 Å². The number of piperidine rings is 1. The summed E-state index contributed by atoms with van der Waals surface area (Å²) in [5, 5.41) is 0. The molecule has 10 heteroatoms. The summed E-state index contributed by atoms with van der Waals surface area (Å²) in [5.74, 6) is -1.09. The molecule has 1 atom stereocenters. The molecule has 216 valence electrons. The normalized spacial score (nSPS) is 19.0. The highest BCUT2D eigenvalue weighted by Crippen LogP contribution is 2.40. The van der Waals surface area contributed by atoms with Crippen molar-refractivity contribution in [3.8, 4) is 0 Å². The van der Waals surface area contributed by atoms with Crippen LogP contribution in [0.4, 0.5) is 26.3 Å². The molecule has 3 aromatic rings. The van der Waals surface area contributed by atoms with Gasteiger partial charge in [-0.3, -0.25) is 9.69 Å². The maximum Gasteiger partial charge on any atom is 0.416 e. The van der Waals surface area contributed by atoms with Gasteiger partial charge in [-0.05, 0) is 91.9 Å². The maximum absolute atomic E-state index is 15.4. The largest absolute Gasteiger partial charge is 0.416 e. The lowest BCUT2D eigenvalue weighted by Crippen LogP contribution is -2.46. The number of alkyl halides is 4. The van der Waals surface area contributed by atoms with Crippen LogP contribution < -0.4 is 0 Å². The van der Waals surface area contributed by atoms with Crippen LogP contribution in [0.25, 0.3) is 0 Å². The van der Waals surface area contributed by atoms with Gasteiger partial charge in [-0.15, -0.1) is 0 Å². The van der Waals surface area contributed by atoms with E-state index in [1.165, 1.54) is 65.6 Å². The number of likely N-dealkylation sites (tertiary alicyclic amines) is 1. The number of halogens is 6. The maximum atomic E-state index is 15.4. The SMILES string of the molecule is CC1=NC(c2ccc(F)cc2)(c2ccc(F)cc2)C(=O)N1CC(F)CN1CCC(c2ccc(C(F)(F)F)cc2)CC1. The molecule has 0 radical (unpaired) electrons. The standard InChI is InChI=1S/C31H29F6N3O/c1-20-38-30(23-6-10-26(32)11-7-23,24-8-12-27(33)13-9-24)29(41)40(20)19-28(34)18-39-16-14-22(15-17-39)21-2-4-25(5-3-21)31(35,36)37/h2-13,22,28H,14-19H2,1H3. The summed E-state index contributed by atoms with van der Waals surface area (Å²) in [6.45, 7) is 2.59. The molecule has 1 unspecified atom stereocenters. The number of carbonyl (C=O) groups excluding carboxylic acids is 1. The van der Waals surface area contributed by atoms with Gasteiger partial charge in [0.15, 0.2) is 5.54 Å². The van der Waals surface area contributed by atoms with Crippen molar-refractivity contribution < 1.29 is 31.1 Å². The number of benzene rings is 3. The predicted molar refractivity (Wildman–Crippen MR) is 143 cm³/mol. The smallest absolute Gasteiger partial charge is 0.300 e. The van der Waals surface area contributed by atoms with Gasteiger partial charge >= 0.3 is 6.18 Å². The fourth-order valence-electron chi connectivity index (χ4n) is 5.76. The summed E-state index contributed by atoms with van der Waals surface area (Å²) < 4.78 is 81.4. The molecule has 4 nitrogen and oxygen atoms in total. The molecule has 0 bridgehead atoms. The lowest BCUT2D eigenvalue weighted by Gasteiger charge is -2.34. The Labute approximate surface area is 234 Å². The Hall–Kier alpha value is -3.66. The third-order valence-electron chi connectivity index (χ3n) is 7.93. The van der Waals surface area contributed by atoms with E-state index in [1.54, 1.807) is 6.92 Å².